The van der Waals surface area contributed by atoms with E-state index in [1.54, 1.807) is 37.3 Å². The fourth-order valence-electron chi connectivity index (χ4n) is 7.44. The molecular weight excluding hydrogens is 811 g/mol. The Morgan fingerprint density at radius 2 is 1.50 bits per heavy atom. The first-order valence-corrected chi connectivity index (χ1v) is 21.9. The van der Waals surface area contributed by atoms with Gasteiger partial charge >= 0.3 is 5.97 Å². The van der Waals surface area contributed by atoms with Gasteiger partial charge in [-0.2, -0.15) is 21.4 Å². The van der Waals surface area contributed by atoms with E-state index >= 15 is 8.78 Å². The van der Waals surface area contributed by atoms with E-state index in [9.17, 15) is 44.6 Å². The molecule has 0 aliphatic carbocycles. The first kappa shape index (κ1) is 44.4. The number of amides is 2. The Morgan fingerprint density at radius 1 is 0.845 bits per heavy atom. The number of carbonyl (C=O) groups is 3. The van der Waals surface area contributed by atoms with Crippen molar-refractivity contribution in [1.29, 1.82) is 0 Å². The van der Waals surface area contributed by atoms with Crippen LogP contribution < -0.4 is 9.47 Å². The average molecular weight is 855 g/mol. The second kappa shape index (κ2) is 18.5. The number of aromatic nitrogens is 1. The van der Waals surface area contributed by atoms with Gasteiger partial charge < -0.3 is 9.74 Å². The highest BCUT2D eigenvalue weighted by Gasteiger charge is 2.49. The van der Waals surface area contributed by atoms with E-state index in [1.165, 1.54) is 4.90 Å². The lowest BCUT2D eigenvalue weighted by atomic mass is 9.76. The molecule has 0 spiro atoms. The summed E-state index contributed by atoms with van der Waals surface area (Å²) in [5.41, 5.74) is -0.704. The van der Waals surface area contributed by atoms with Crippen molar-refractivity contribution in [2.24, 2.45) is 0 Å². The number of hydrogen-bond donors (Lipinski definition) is 2. The van der Waals surface area contributed by atoms with Gasteiger partial charge in [0.2, 0.25) is 5.52 Å². The molecule has 1 saturated heterocycles. The summed E-state index contributed by atoms with van der Waals surface area (Å²) in [6, 6.07) is 9.15. The minimum atomic E-state index is -4.35. The lowest BCUT2D eigenvalue weighted by Gasteiger charge is -2.30. The van der Waals surface area contributed by atoms with Gasteiger partial charge in [-0.15, -0.1) is 5.06 Å². The lowest BCUT2D eigenvalue weighted by Crippen LogP contribution is -2.34. The van der Waals surface area contributed by atoms with Gasteiger partial charge in [0.15, 0.2) is 29.5 Å². The molecule has 0 bridgehead atoms. The zero-order chi connectivity index (χ0) is 42.4. The molecule has 0 saturated carbocycles. The fourth-order valence-corrected chi connectivity index (χ4v) is 8.58. The molecule has 3 aromatic rings. The summed E-state index contributed by atoms with van der Waals surface area (Å²) in [6.07, 6.45) is 7.91. The molecule has 5 rings (SSSR count). The third-order valence-electron chi connectivity index (χ3n) is 10.2. The van der Waals surface area contributed by atoms with Gasteiger partial charge in [0.1, 0.15) is 6.54 Å². The average Bonchev–Trinajstić information content (AvgIpc) is 3.60. The number of unbranched alkanes of at least 4 members (excludes halogenated alkanes) is 4. The zero-order valence-electron chi connectivity index (χ0n) is 31.6. The van der Waals surface area contributed by atoms with Gasteiger partial charge in [0, 0.05) is 61.0 Å². The molecule has 2 aromatic carbocycles. The van der Waals surface area contributed by atoms with Crippen LogP contribution in [0.2, 0.25) is 0 Å². The molecular formula is C39H44F4N3O10S2+. The van der Waals surface area contributed by atoms with E-state index in [0.717, 1.165) is 16.5 Å². The van der Waals surface area contributed by atoms with Crippen LogP contribution in [0.5, 0.6) is 0 Å². The van der Waals surface area contributed by atoms with E-state index in [4.69, 9.17) is 9.39 Å². The van der Waals surface area contributed by atoms with Crippen molar-refractivity contribution in [2.45, 2.75) is 89.5 Å². The van der Waals surface area contributed by atoms with Crippen LogP contribution in [0.25, 0.3) is 17.0 Å². The largest absolute Gasteiger partial charge is 0.341 e. The SMILES string of the molecule is CC1(CCCCCC(=O)ON2C(=O)CCC2=O)C(=CC=Cc2cccc3c2ccc[n+]3CCCCS(=O)(=O)O)N(CCCCS(=O)(=O)O)c2c(F)c(F)c(F)c(F)c21. The van der Waals surface area contributed by atoms with E-state index in [1.807, 2.05) is 29.0 Å². The second-order valence-electron chi connectivity index (χ2n) is 14.4. The predicted octanol–water partition coefficient (Wildman–Crippen LogP) is 6.25. The molecule has 2 N–H and O–H groups in total. The first-order chi connectivity index (χ1) is 27.3. The number of aryl methyl sites for hydroxylation is 1. The Labute approximate surface area is 333 Å². The zero-order valence-corrected chi connectivity index (χ0v) is 33.3. The van der Waals surface area contributed by atoms with Crippen LogP contribution in [-0.2, 0) is 51.4 Å². The van der Waals surface area contributed by atoms with E-state index in [0.29, 0.717) is 24.4 Å². The smallest absolute Gasteiger partial charge is 0.333 e. The Bertz CT molecular complexity index is 2360. The summed E-state index contributed by atoms with van der Waals surface area (Å²) in [6.45, 7) is 1.84. The van der Waals surface area contributed by atoms with E-state index in [-0.39, 0.29) is 75.8 Å². The van der Waals surface area contributed by atoms with Crippen molar-refractivity contribution < 1.29 is 67.3 Å². The molecule has 2 aliphatic rings. The Hall–Kier alpha value is -4.72. The molecule has 1 aromatic heterocycles. The van der Waals surface area contributed by atoms with E-state index < -0.39 is 83.7 Å². The summed E-state index contributed by atoms with van der Waals surface area (Å²) in [7, 11) is -8.44. The van der Waals surface area contributed by atoms with Crippen LogP contribution in [-0.4, -0.2) is 66.8 Å². The number of hydroxylamine groups is 2. The highest BCUT2D eigenvalue weighted by Crippen LogP contribution is 2.54. The van der Waals surface area contributed by atoms with Gasteiger partial charge in [-0.25, -0.2) is 22.4 Å². The number of fused-ring (bicyclic) bond motifs is 2. The number of imide groups is 1. The molecule has 2 aliphatic heterocycles. The monoisotopic (exact) mass is 854 g/mol. The quantitative estimate of drug-likeness (QED) is 0.0265. The van der Waals surface area contributed by atoms with Gasteiger partial charge in [-0.3, -0.25) is 18.7 Å². The fraction of sp³-hybridized carbons (Fsp3) is 0.436. The Balaban J connectivity index is 1.45. The molecule has 13 nitrogen and oxygen atoms in total. The van der Waals surface area contributed by atoms with Crippen LogP contribution in [0.1, 0.15) is 88.7 Å². The maximum Gasteiger partial charge on any atom is 0.333 e. The summed E-state index contributed by atoms with van der Waals surface area (Å²) >= 11 is 0. The standard InChI is InChI=1S/C39H43F4N3O10S2/c1-39(20-4-2-3-17-32(49)56-46-30(47)18-19-31(46)48)29(45(23-6-8-25-58(53,54)55)38-33(39)34(40)35(41)36(42)37(38)43)16-10-13-26-12-9-15-28-27(26)14-11-22-44(28)21-5-7-24-57(50,51)52/h9-16,22H,2-8,17-21,23-25H2,1H3,(H-,50,51,52,53,54,55)/p+1. The number of benzene rings is 2. The summed E-state index contributed by atoms with van der Waals surface area (Å²) in [5, 5.41) is 1.23. The normalized spacial score (nSPS) is 18.0. The van der Waals surface area contributed by atoms with Crippen molar-refractivity contribution in [3.05, 3.63) is 88.8 Å². The highest BCUT2D eigenvalue weighted by atomic mass is 32.2. The third kappa shape index (κ3) is 10.5. The predicted molar refractivity (Wildman–Crippen MR) is 204 cm³/mol. The minimum Gasteiger partial charge on any atom is -0.341 e. The number of hydrogen-bond acceptors (Lipinski definition) is 9. The number of rotatable bonds is 19. The van der Waals surface area contributed by atoms with E-state index in [2.05, 4.69) is 0 Å². The number of nitrogens with zero attached hydrogens (tertiary/aromatic N) is 3. The Kier molecular flexibility index (Phi) is 14.1. The van der Waals surface area contributed by atoms with Crippen LogP contribution >= 0.6 is 0 Å². The van der Waals surface area contributed by atoms with Crippen molar-refractivity contribution in [2.75, 3.05) is 23.0 Å². The number of halogens is 4. The molecule has 1 unspecified atom stereocenters. The third-order valence-corrected chi connectivity index (χ3v) is 11.9. The second-order valence-corrected chi connectivity index (χ2v) is 17.6. The van der Waals surface area contributed by atoms with Crippen molar-refractivity contribution in [3.8, 4) is 0 Å². The molecule has 3 heterocycles. The highest BCUT2D eigenvalue weighted by molar-refractivity contribution is 7.86. The molecule has 19 heteroatoms. The van der Waals surface area contributed by atoms with Gasteiger partial charge in [0.25, 0.3) is 32.1 Å². The van der Waals surface area contributed by atoms with Crippen LogP contribution in [0.15, 0.2) is 54.4 Å². The first-order valence-electron chi connectivity index (χ1n) is 18.7. The van der Waals surface area contributed by atoms with Crippen molar-refractivity contribution in [3.63, 3.8) is 0 Å². The minimum absolute atomic E-state index is 0.0219. The van der Waals surface area contributed by atoms with Crippen LogP contribution in [0.3, 0.4) is 0 Å². The Morgan fingerprint density at radius 3 is 2.17 bits per heavy atom. The molecule has 1 atom stereocenters. The van der Waals surface area contributed by atoms with Crippen molar-refractivity contribution in [1.82, 2.24) is 5.06 Å². The number of allylic oxidation sites excluding steroid dienone is 3. The maximum atomic E-state index is 15.9. The number of carbonyl (C=O) groups excluding carboxylic acids is 3. The summed E-state index contributed by atoms with van der Waals surface area (Å²) in [4.78, 5) is 42.1. The maximum absolute atomic E-state index is 15.9. The number of pyridine rings is 1. The molecule has 1 fully saturated rings. The van der Waals surface area contributed by atoms with Crippen molar-refractivity contribution >= 4 is 60.7 Å². The van der Waals surface area contributed by atoms with Crippen LogP contribution in [0, 0.1) is 23.3 Å². The molecule has 2 amide bonds. The number of anilines is 1. The summed E-state index contributed by atoms with van der Waals surface area (Å²) < 4.78 is 127. The van der Waals surface area contributed by atoms with Gasteiger partial charge in [0.05, 0.1) is 22.6 Å². The molecule has 314 valence electrons. The van der Waals surface area contributed by atoms with Gasteiger partial charge in [-0.05, 0) is 56.7 Å². The summed E-state index contributed by atoms with van der Waals surface area (Å²) in [5.74, 6) is -10.3. The van der Waals surface area contributed by atoms with Gasteiger partial charge in [-0.1, -0.05) is 37.1 Å². The molecule has 0 radical (unpaired) electrons. The topological polar surface area (TPSA) is 180 Å². The lowest BCUT2D eigenvalue weighted by molar-refractivity contribution is -0.671. The van der Waals surface area contributed by atoms with Crippen LogP contribution in [0.4, 0.5) is 23.2 Å². The molecule has 58 heavy (non-hydrogen) atoms.